The first-order chi connectivity index (χ1) is 10.9. The number of halogens is 2. The van der Waals surface area contributed by atoms with Crippen LogP contribution >= 0.6 is 11.3 Å². The van der Waals surface area contributed by atoms with Gasteiger partial charge in [-0.05, 0) is 18.9 Å². The van der Waals surface area contributed by atoms with Gasteiger partial charge in [0.1, 0.15) is 10.5 Å². The molecule has 1 spiro atoms. The zero-order valence-electron chi connectivity index (χ0n) is 12.5. The maximum absolute atomic E-state index is 13.5. The Kier molecular flexibility index (Phi) is 3.03. The van der Waals surface area contributed by atoms with Crippen molar-refractivity contribution in [2.24, 2.45) is 0 Å². The number of rotatable bonds is 1. The van der Waals surface area contributed by atoms with Crippen LogP contribution in [0, 0.1) is 0 Å². The molecule has 2 aromatic rings. The average molecular weight is 338 g/mol. The van der Waals surface area contributed by atoms with Crippen LogP contribution in [0.25, 0.3) is 10.4 Å². The lowest BCUT2D eigenvalue weighted by molar-refractivity contribution is -0.0550. The number of hydrogen-bond acceptors (Lipinski definition) is 4. The highest BCUT2D eigenvalue weighted by molar-refractivity contribution is 7.18. The van der Waals surface area contributed by atoms with Crippen LogP contribution in [0.15, 0.2) is 18.5 Å². The smallest absolute Gasteiger partial charge is 0.265 e. The molecule has 4 rings (SSSR count). The molecule has 2 aliphatic rings. The van der Waals surface area contributed by atoms with E-state index in [9.17, 15) is 13.6 Å². The minimum absolute atomic E-state index is 0.178. The van der Waals surface area contributed by atoms with Gasteiger partial charge in [0.25, 0.3) is 5.91 Å². The Morgan fingerprint density at radius 3 is 2.70 bits per heavy atom. The fourth-order valence-electron chi connectivity index (χ4n) is 3.39. The van der Waals surface area contributed by atoms with E-state index in [2.05, 4.69) is 15.5 Å². The number of amides is 1. The molecule has 0 aromatic carbocycles. The maximum atomic E-state index is 13.5. The highest BCUT2D eigenvalue weighted by Crippen LogP contribution is 2.47. The van der Waals surface area contributed by atoms with Crippen molar-refractivity contribution in [3.8, 4) is 10.4 Å². The third-order valence-corrected chi connectivity index (χ3v) is 6.03. The number of carbonyl (C=O) groups is 1. The molecule has 1 aliphatic carbocycles. The lowest BCUT2D eigenvalue weighted by atomic mass is 9.84. The fourth-order valence-corrected chi connectivity index (χ4v) is 4.46. The average Bonchev–Trinajstić information content (AvgIpc) is 3.16. The Balaban J connectivity index is 1.71. The first kappa shape index (κ1) is 14.6. The summed E-state index contributed by atoms with van der Waals surface area (Å²) in [6, 6.07) is 1.94. The Bertz CT molecular complexity index is 746. The lowest BCUT2D eigenvalue weighted by Crippen LogP contribution is -2.64. The van der Waals surface area contributed by atoms with Crippen LogP contribution in [0.1, 0.15) is 35.4 Å². The Labute approximate surface area is 135 Å². The van der Waals surface area contributed by atoms with Gasteiger partial charge in [0.05, 0.1) is 11.9 Å². The zero-order chi connectivity index (χ0) is 16.2. The second-order valence-electron chi connectivity index (χ2n) is 6.21. The summed E-state index contributed by atoms with van der Waals surface area (Å²) in [4.78, 5) is 16.0. The zero-order valence-corrected chi connectivity index (χ0v) is 13.3. The second kappa shape index (κ2) is 4.77. The van der Waals surface area contributed by atoms with Gasteiger partial charge in [0.15, 0.2) is 0 Å². The second-order valence-corrected chi connectivity index (χ2v) is 7.26. The van der Waals surface area contributed by atoms with E-state index < -0.39 is 11.6 Å². The van der Waals surface area contributed by atoms with Crippen LogP contribution in [0.4, 0.5) is 14.5 Å². The van der Waals surface area contributed by atoms with Crippen LogP contribution in [-0.4, -0.2) is 34.7 Å². The monoisotopic (exact) mass is 338 g/mol. The molecule has 2 aromatic heterocycles. The molecule has 2 N–H and O–H groups in total. The molecule has 3 heterocycles. The van der Waals surface area contributed by atoms with E-state index >= 15 is 0 Å². The third-order valence-electron chi connectivity index (χ3n) is 4.86. The fraction of sp³-hybridized carbons (Fsp3) is 0.467. The Morgan fingerprint density at radius 2 is 2.04 bits per heavy atom. The minimum Gasteiger partial charge on any atom is -0.350 e. The van der Waals surface area contributed by atoms with E-state index in [4.69, 9.17) is 0 Å². The summed E-state index contributed by atoms with van der Waals surface area (Å²) in [5, 5.41) is 9.66. The number of aromatic nitrogens is 2. The van der Waals surface area contributed by atoms with Gasteiger partial charge in [0, 0.05) is 36.5 Å². The largest absolute Gasteiger partial charge is 0.350 e. The van der Waals surface area contributed by atoms with Crippen molar-refractivity contribution >= 4 is 22.9 Å². The van der Waals surface area contributed by atoms with Gasteiger partial charge < -0.3 is 10.2 Å². The van der Waals surface area contributed by atoms with Gasteiger partial charge in [0.2, 0.25) is 5.92 Å². The standard InChI is InChI=1S/C15H16F2N4OS/c1-21-10-6-11(9-7-18-19-8-9)23-12(10)13(22)20-15(21)4-2-14(16,17)3-5-15/h6-8H,2-5H2,1H3,(H,18,19)(H,20,22). The molecule has 0 radical (unpaired) electrons. The SMILES string of the molecule is CN1c2cc(-c3cn[nH]c3)sc2C(=O)NC12CCC(F)(F)CC2. The van der Waals surface area contributed by atoms with Crippen molar-refractivity contribution in [2.75, 3.05) is 11.9 Å². The summed E-state index contributed by atoms with van der Waals surface area (Å²) in [6.45, 7) is 0. The van der Waals surface area contributed by atoms with Gasteiger partial charge in [-0.3, -0.25) is 9.89 Å². The van der Waals surface area contributed by atoms with Gasteiger partial charge >= 0.3 is 0 Å². The predicted molar refractivity (Wildman–Crippen MR) is 83.9 cm³/mol. The van der Waals surface area contributed by atoms with Gasteiger partial charge in [-0.25, -0.2) is 8.78 Å². The number of hydrogen-bond donors (Lipinski definition) is 2. The molecule has 122 valence electrons. The summed E-state index contributed by atoms with van der Waals surface area (Å²) in [5.74, 6) is -2.81. The molecule has 0 saturated heterocycles. The van der Waals surface area contributed by atoms with Crippen molar-refractivity contribution in [1.82, 2.24) is 15.5 Å². The number of thiophene rings is 1. The maximum Gasteiger partial charge on any atom is 0.265 e. The Morgan fingerprint density at radius 1 is 1.30 bits per heavy atom. The minimum atomic E-state index is -2.63. The molecule has 5 nitrogen and oxygen atoms in total. The van der Waals surface area contributed by atoms with E-state index in [-0.39, 0.29) is 31.6 Å². The van der Waals surface area contributed by atoms with Gasteiger partial charge in [-0.15, -0.1) is 11.3 Å². The van der Waals surface area contributed by atoms with E-state index in [1.165, 1.54) is 11.3 Å². The topological polar surface area (TPSA) is 61.0 Å². The van der Waals surface area contributed by atoms with Crippen molar-refractivity contribution in [3.05, 3.63) is 23.3 Å². The molecule has 8 heteroatoms. The highest BCUT2D eigenvalue weighted by Gasteiger charge is 2.49. The van der Waals surface area contributed by atoms with E-state index in [1.54, 1.807) is 12.4 Å². The number of nitrogens with zero attached hydrogens (tertiary/aromatic N) is 2. The molecule has 1 aliphatic heterocycles. The molecular formula is C15H16F2N4OS. The van der Waals surface area contributed by atoms with Crippen molar-refractivity contribution in [3.63, 3.8) is 0 Å². The predicted octanol–water partition coefficient (Wildman–Crippen LogP) is 3.22. The van der Waals surface area contributed by atoms with Gasteiger partial charge in [-0.1, -0.05) is 0 Å². The van der Waals surface area contributed by atoms with Crippen molar-refractivity contribution < 1.29 is 13.6 Å². The third kappa shape index (κ3) is 2.23. The number of nitrogens with one attached hydrogen (secondary N) is 2. The summed E-state index contributed by atoms with van der Waals surface area (Å²) in [6.07, 6.45) is 3.56. The van der Waals surface area contributed by atoms with Crippen LogP contribution in [0.3, 0.4) is 0 Å². The van der Waals surface area contributed by atoms with E-state index in [0.717, 1.165) is 16.1 Å². The number of anilines is 1. The van der Waals surface area contributed by atoms with Crippen LogP contribution in [0.2, 0.25) is 0 Å². The van der Waals surface area contributed by atoms with Crippen LogP contribution in [0.5, 0.6) is 0 Å². The summed E-state index contributed by atoms with van der Waals surface area (Å²) < 4.78 is 27.0. The molecule has 0 unspecified atom stereocenters. The first-order valence-electron chi connectivity index (χ1n) is 7.47. The van der Waals surface area contributed by atoms with Crippen LogP contribution in [-0.2, 0) is 0 Å². The molecule has 0 atom stereocenters. The number of fused-ring (bicyclic) bond motifs is 1. The van der Waals surface area contributed by atoms with Crippen molar-refractivity contribution in [1.29, 1.82) is 0 Å². The molecule has 1 amide bonds. The number of aromatic amines is 1. The van der Waals surface area contributed by atoms with E-state index in [1.807, 2.05) is 18.0 Å². The number of carbonyl (C=O) groups excluding carboxylic acids is 1. The van der Waals surface area contributed by atoms with Gasteiger partial charge in [-0.2, -0.15) is 5.10 Å². The highest BCUT2D eigenvalue weighted by atomic mass is 32.1. The molecular weight excluding hydrogens is 322 g/mol. The molecule has 23 heavy (non-hydrogen) atoms. The van der Waals surface area contributed by atoms with Crippen molar-refractivity contribution in [2.45, 2.75) is 37.3 Å². The normalized spacial score (nSPS) is 22.0. The Hall–Kier alpha value is -1.96. The number of H-pyrrole nitrogens is 1. The molecule has 1 fully saturated rings. The first-order valence-corrected chi connectivity index (χ1v) is 8.29. The lowest BCUT2D eigenvalue weighted by Gasteiger charge is -2.49. The number of alkyl halides is 2. The quantitative estimate of drug-likeness (QED) is 0.839. The van der Waals surface area contributed by atoms with Crippen LogP contribution < -0.4 is 10.2 Å². The molecule has 0 bridgehead atoms. The van der Waals surface area contributed by atoms with E-state index in [0.29, 0.717) is 4.88 Å². The summed E-state index contributed by atoms with van der Waals surface area (Å²) >= 11 is 1.39. The summed E-state index contributed by atoms with van der Waals surface area (Å²) in [5.41, 5.74) is 1.01. The summed E-state index contributed by atoms with van der Waals surface area (Å²) in [7, 11) is 1.87. The molecule has 1 saturated carbocycles.